The van der Waals surface area contributed by atoms with Crippen LogP contribution in [0.3, 0.4) is 0 Å². The fourth-order valence-electron chi connectivity index (χ4n) is 2.72. The Morgan fingerprint density at radius 2 is 1.70 bits per heavy atom. The Hall–Kier alpha value is -2.64. The first-order chi connectivity index (χ1) is 13.0. The van der Waals surface area contributed by atoms with Gasteiger partial charge >= 0.3 is 0 Å². The number of nitrogens with one attached hydrogen (secondary N) is 2. The predicted octanol–water partition coefficient (Wildman–Crippen LogP) is 4.43. The zero-order chi connectivity index (χ0) is 19.3. The summed E-state index contributed by atoms with van der Waals surface area (Å²) in [6.45, 7) is 1.99. The Morgan fingerprint density at radius 3 is 2.37 bits per heavy atom. The summed E-state index contributed by atoms with van der Waals surface area (Å²) in [7, 11) is -3.72. The van der Waals surface area contributed by atoms with Crippen LogP contribution in [0.25, 0.3) is 0 Å². The van der Waals surface area contributed by atoms with E-state index in [1.165, 1.54) is 6.07 Å². The van der Waals surface area contributed by atoms with Gasteiger partial charge in [-0.1, -0.05) is 55.5 Å². The highest BCUT2D eigenvalue weighted by molar-refractivity contribution is 7.94. The van der Waals surface area contributed by atoms with Gasteiger partial charge in [-0.25, -0.2) is 8.42 Å². The maximum absolute atomic E-state index is 12.8. The first-order valence-electron chi connectivity index (χ1n) is 8.52. The lowest BCUT2D eigenvalue weighted by Crippen LogP contribution is -2.29. The first-order valence-corrected chi connectivity index (χ1v) is 10.9. The van der Waals surface area contributed by atoms with Crippen LogP contribution in [-0.2, 0) is 10.0 Å². The molecule has 0 fully saturated rings. The molecule has 7 heteroatoms. The topological polar surface area (TPSA) is 75.3 Å². The third-order valence-electron chi connectivity index (χ3n) is 4.09. The minimum absolute atomic E-state index is 0.152. The number of rotatable bonds is 7. The molecule has 0 radical (unpaired) electrons. The Balaban J connectivity index is 1.84. The van der Waals surface area contributed by atoms with Crippen LogP contribution in [0.1, 0.15) is 35.3 Å². The van der Waals surface area contributed by atoms with Gasteiger partial charge in [-0.3, -0.25) is 9.52 Å². The largest absolute Gasteiger partial charge is 0.345 e. The van der Waals surface area contributed by atoms with Crippen LogP contribution in [-0.4, -0.2) is 14.3 Å². The number of benzene rings is 2. The lowest BCUT2D eigenvalue weighted by Gasteiger charge is -2.19. The van der Waals surface area contributed by atoms with Gasteiger partial charge in [0.25, 0.3) is 15.9 Å². The van der Waals surface area contributed by atoms with Crippen molar-refractivity contribution in [2.24, 2.45) is 0 Å². The number of carbonyl (C=O) groups is 1. The van der Waals surface area contributed by atoms with Crippen molar-refractivity contribution in [3.05, 3.63) is 83.2 Å². The second kappa shape index (κ2) is 8.37. The number of hydrogen-bond acceptors (Lipinski definition) is 4. The summed E-state index contributed by atoms with van der Waals surface area (Å²) in [6.07, 6.45) is 0.721. The van der Waals surface area contributed by atoms with E-state index in [0.29, 0.717) is 0 Å². The smallest absolute Gasteiger partial charge is 0.271 e. The molecule has 2 aromatic carbocycles. The SMILES string of the molecule is CCC(NC(=O)c1ccccc1NS(=O)(=O)c1cccs1)c1ccccc1. The predicted molar refractivity (Wildman–Crippen MR) is 109 cm³/mol. The van der Waals surface area contributed by atoms with E-state index >= 15 is 0 Å². The van der Waals surface area contributed by atoms with Gasteiger partial charge in [-0.2, -0.15) is 0 Å². The number of anilines is 1. The minimum Gasteiger partial charge on any atom is -0.345 e. The molecule has 1 amide bonds. The molecule has 3 rings (SSSR count). The summed E-state index contributed by atoms with van der Waals surface area (Å²) >= 11 is 1.12. The molecule has 2 N–H and O–H groups in total. The van der Waals surface area contributed by atoms with Crippen LogP contribution in [0.2, 0.25) is 0 Å². The zero-order valence-electron chi connectivity index (χ0n) is 14.8. The van der Waals surface area contributed by atoms with Gasteiger partial charge in [0.05, 0.1) is 17.3 Å². The first kappa shape index (κ1) is 19.1. The van der Waals surface area contributed by atoms with Gasteiger partial charge < -0.3 is 5.32 Å². The molecule has 1 atom stereocenters. The Labute approximate surface area is 163 Å². The maximum Gasteiger partial charge on any atom is 0.271 e. The number of sulfonamides is 1. The summed E-state index contributed by atoms with van der Waals surface area (Å²) < 4.78 is 27.7. The van der Waals surface area contributed by atoms with Crippen LogP contribution >= 0.6 is 11.3 Å². The second-order valence-corrected chi connectivity index (χ2v) is 8.79. The van der Waals surface area contributed by atoms with Crippen LogP contribution in [0.15, 0.2) is 76.3 Å². The van der Waals surface area contributed by atoms with Crippen molar-refractivity contribution in [3.63, 3.8) is 0 Å². The Morgan fingerprint density at radius 1 is 1.00 bits per heavy atom. The highest BCUT2D eigenvalue weighted by Crippen LogP contribution is 2.24. The molecule has 0 spiro atoms. The van der Waals surface area contributed by atoms with Crippen LogP contribution in [0.4, 0.5) is 5.69 Å². The molecule has 0 saturated carbocycles. The van der Waals surface area contributed by atoms with Gasteiger partial charge in [-0.05, 0) is 35.6 Å². The molecule has 140 valence electrons. The van der Waals surface area contributed by atoms with Gasteiger partial charge in [0, 0.05) is 0 Å². The summed E-state index contributed by atoms with van der Waals surface area (Å²) in [5.41, 5.74) is 1.54. The van der Waals surface area contributed by atoms with E-state index in [0.717, 1.165) is 23.3 Å². The van der Waals surface area contributed by atoms with Crippen molar-refractivity contribution >= 4 is 33.0 Å². The molecule has 0 bridgehead atoms. The molecule has 0 saturated heterocycles. The molecule has 1 heterocycles. The van der Waals surface area contributed by atoms with Crippen LogP contribution in [0, 0.1) is 0 Å². The van der Waals surface area contributed by atoms with E-state index in [1.54, 1.807) is 35.7 Å². The fraction of sp³-hybridized carbons (Fsp3) is 0.150. The summed E-state index contributed by atoms with van der Waals surface area (Å²) in [5, 5.41) is 4.68. The molecular weight excluding hydrogens is 380 g/mol. The van der Waals surface area contributed by atoms with Crippen molar-refractivity contribution in [3.8, 4) is 0 Å². The highest BCUT2D eigenvalue weighted by atomic mass is 32.2. The van der Waals surface area contributed by atoms with Gasteiger partial charge in [-0.15, -0.1) is 11.3 Å². The number of amides is 1. The normalized spacial score (nSPS) is 12.3. The number of thiophene rings is 1. The fourth-order valence-corrected chi connectivity index (χ4v) is 4.80. The molecule has 0 aliphatic heterocycles. The van der Waals surface area contributed by atoms with Crippen molar-refractivity contribution in [2.75, 3.05) is 4.72 Å². The van der Waals surface area contributed by atoms with E-state index in [1.807, 2.05) is 37.3 Å². The van der Waals surface area contributed by atoms with Crippen molar-refractivity contribution in [1.82, 2.24) is 5.32 Å². The minimum atomic E-state index is -3.72. The zero-order valence-corrected chi connectivity index (χ0v) is 16.4. The van der Waals surface area contributed by atoms with E-state index in [2.05, 4.69) is 10.0 Å². The van der Waals surface area contributed by atoms with Gasteiger partial charge in [0.1, 0.15) is 4.21 Å². The van der Waals surface area contributed by atoms with Crippen LogP contribution in [0.5, 0.6) is 0 Å². The number of para-hydroxylation sites is 1. The monoisotopic (exact) mass is 400 g/mol. The summed E-state index contributed by atoms with van der Waals surface area (Å²) in [5.74, 6) is -0.324. The molecule has 1 aromatic heterocycles. The van der Waals surface area contributed by atoms with E-state index in [9.17, 15) is 13.2 Å². The average molecular weight is 401 g/mol. The molecule has 27 heavy (non-hydrogen) atoms. The lowest BCUT2D eigenvalue weighted by molar-refractivity contribution is 0.0936. The molecular formula is C20H20N2O3S2. The maximum atomic E-state index is 12.8. The van der Waals surface area contributed by atoms with E-state index in [-0.39, 0.29) is 27.4 Å². The van der Waals surface area contributed by atoms with Gasteiger partial charge in [0.15, 0.2) is 0 Å². The average Bonchev–Trinajstić information content (AvgIpc) is 3.22. The van der Waals surface area contributed by atoms with E-state index < -0.39 is 10.0 Å². The summed E-state index contributed by atoms with van der Waals surface area (Å²) in [6, 6.07) is 19.3. The third kappa shape index (κ3) is 4.56. The quantitative estimate of drug-likeness (QED) is 0.616. The molecule has 5 nitrogen and oxygen atoms in total. The summed E-state index contributed by atoms with van der Waals surface area (Å²) in [4.78, 5) is 12.8. The molecule has 3 aromatic rings. The van der Waals surface area contributed by atoms with Crippen molar-refractivity contribution in [1.29, 1.82) is 0 Å². The number of carbonyl (C=O) groups excluding carboxylic acids is 1. The standard InChI is InChI=1S/C20H20N2O3S2/c1-2-17(15-9-4-3-5-10-15)21-20(23)16-11-6-7-12-18(16)22-27(24,25)19-13-8-14-26-19/h3-14,17,22H,2H2,1H3,(H,21,23). The van der Waals surface area contributed by atoms with Crippen molar-refractivity contribution < 1.29 is 13.2 Å². The lowest BCUT2D eigenvalue weighted by atomic mass is 10.0. The molecule has 1 unspecified atom stereocenters. The van der Waals surface area contributed by atoms with Crippen molar-refractivity contribution in [2.45, 2.75) is 23.6 Å². The Bertz CT molecular complexity index is 1000. The van der Waals surface area contributed by atoms with Crippen LogP contribution < -0.4 is 10.0 Å². The molecule has 0 aliphatic carbocycles. The third-order valence-corrected chi connectivity index (χ3v) is 6.85. The van der Waals surface area contributed by atoms with Gasteiger partial charge in [0.2, 0.25) is 0 Å². The number of hydrogen-bond donors (Lipinski definition) is 2. The Kier molecular flexibility index (Phi) is 5.93. The second-order valence-electron chi connectivity index (χ2n) is 5.93. The molecule has 0 aliphatic rings. The van der Waals surface area contributed by atoms with E-state index in [4.69, 9.17) is 0 Å². The highest BCUT2D eigenvalue weighted by Gasteiger charge is 2.21.